The molecule has 0 aliphatic carbocycles. The minimum atomic E-state index is -0.299. The summed E-state index contributed by atoms with van der Waals surface area (Å²) < 4.78 is 2.69. The first-order valence-electron chi connectivity index (χ1n) is 5.64. The Kier molecular flexibility index (Phi) is 4.18. The van der Waals surface area contributed by atoms with Crippen LogP contribution in [0.4, 0.5) is 0 Å². The lowest BCUT2D eigenvalue weighted by molar-refractivity contribution is 0.632. The summed E-state index contributed by atoms with van der Waals surface area (Å²) in [5, 5.41) is 4.68. The maximum Gasteiger partial charge on any atom is 0.352 e. The van der Waals surface area contributed by atoms with Crippen molar-refractivity contribution in [2.24, 2.45) is 0 Å². The molecule has 0 N–H and O–H groups in total. The molecule has 0 amide bonds. The van der Waals surface area contributed by atoms with Crippen LogP contribution < -0.4 is 5.69 Å². The van der Waals surface area contributed by atoms with Crippen LogP contribution in [0.2, 0.25) is 15.2 Å². The molecule has 0 fully saturated rings. The maximum absolute atomic E-state index is 12.2. The van der Waals surface area contributed by atoms with Crippen LogP contribution in [0.1, 0.15) is 19.2 Å². The molecule has 8 heteroatoms. The van der Waals surface area contributed by atoms with Gasteiger partial charge in [0.2, 0.25) is 0 Å². The van der Waals surface area contributed by atoms with Crippen LogP contribution >= 0.6 is 34.8 Å². The van der Waals surface area contributed by atoms with Crippen molar-refractivity contribution in [2.75, 3.05) is 0 Å². The predicted molar refractivity (Wildman–Crippen MR) is 75.7 cm³/mol. The molecule has 2 rings (SSSR count). The molecule has 0 aliphatic rings. The molecule has 0 bridgehead atoms. The minimum Gasteiger partial charge on any atom is -0.279 e. The van der Waals surface area contributed by atoms with Crippen molar-refractivity contribution in [2.45, 2.75) is 26.8 Å². The molecule has 0 radical (unpaired) electrons. The number of rotatable bonds is 3. The zero-order chi connectivity index (χ0) is 14.2. The smallest absolute Gasteiger partial charge is 0.279 e. The second-order valence-corrected chi connectivity index (χ2v) is 5.13. The summed E-state index contributed by atoms with van der Waals surface area (Å²) >= 11 is 17.7. The molecule has 0 aliphatic heterocycles. The molecule has 102 valence electrons. The van der Waals surface area contributed by atoms with E-state index in [1.54, 1.807) is 11.5 Å². The van der Waals surface area contributed by atoms with Gasteiger partial charge >= 0.3 is 5.69 Å². The quantitative estimate of drug-likeness (QED) is 0.816. The van der Waals surface area contributed by atoms with E-state index >= 15 is 0 Å². The standard InChI is InChI=1S/C11H11Cl3N4O/c1-3-4-17-6(2)16-18(11(17)19)10-8(13)5-7(12)9(14)15-10/h5H,3-4H2,1-2H3. The van der Waals surface area contributed by atoms with E-state index in [1.807, 2.05) is 6.92 Å². The number of aryl methyl sites for hydroxylation is 1. The highest BCUT2D eigenvalue weighted by molar-refractivity contribution is 6.42. The Hall–Kier alpha value is -1.04. The van der Waals surface area contributed by atoms with Gasteiger partial charge in [-0.1, -0.05) is 41.7 Å². The van der Waals surface area contributed by atoms with E-state index in [0.29, 0.717) is 12.4 Å². The van der Waals surface area contributed by atoms with E-state index in [1.165, 1.54) is 6.07 Å². The summed E-state index contributed by atoms with van der Waals surface area (Å²) in [6, 6.07) is 1.44. The monoisotopic (exact) mass is 320 g/mol. The molecule has 5 nitrogen and oxygen atoms in total. The molecule has 19 heavy (non-hydrogen) atoms. The molecule has 0 unspecified atom stereocenters. The average Bonchev–Trinajstić information content (AvgIpc) is 2.62. The summed E-state index contributed by atoms with van der Waals surface area (Å²) in [6.07, 6.45) is 0.828. The van der Waals surface area contributed by atoms with Crippen LogP contribution in [-0.4, -0.2) is 19.3 Å². The van der Waals surface area contributed by atoms with Crippen LogP contribution in [0.3, 0.4) is 0 Å². The second-order valence-electron chi connectivity index (χ2n) is 3.96. The van der Waals surface area contributed by atoms with Crippen LogP contribution in [0.5, 0.6) is 0 Å². The number of hydrogen-bond acceptors (Lipinski definition) is 3. The van der Waals surface area contributed by atoms with Crippen LogP contribution in [0.15, 0.2) is 10.9 Å². The molecule has 2 aromatic heterocycles. The third-order valence-corrected chi connectivity index (χ3v) is 3.51. The molecular formula is C11H11Cl3N4O. The first-order valence-corrected chi connectivity index (χ1v) is 6.77. The van der Waals surface area contributed by atoms with Gasteiger partial charge in [0.15, 0.2) is 5.82 Å². The number of pyridine rings is 1. The minimum absolute atomic E-state index is 0.0793. The third kappa shape index (κ3) is 2.63. The Bertz CT molecular complexity index is 677. The molecular weight excluding hydrogens is 311 g/mol. The van der Waals surface area contributed by atoms with Gasteiger partial charge < -0.3 is 0 Å². The maximum atomic E-state index is 12.2. The van der Waals surface area contributed by atoms with E-state index in [9.17, 15) is 4.79 Å². The Morgan fingerprint density at radius 1 is 1.26 bits per heavy atom. The van der Waals surface area contributed by atoms with Gasteiger partial charge in [-0.3, -0.25) is 4.57 Å². The summed E-state index contributed by atoms with van der Waals surface area (Å²) in [5.41, 5.74) is -0.299. The molecule has 0 aromatic carbocycles. The number of aromatic nitrogens is 4. The van der Waals surface area contributed by atoms with E-state index in [0.717, 1.165) is 11.1 Å². The van der Waals surface area contributed by atoms with E-state index in [2.05, 4.69) is 10.1 Å². The van der Waals surface area contributed by atoms with Crippen molar-refractivity contribution in [3.8, 4) is 5.82 Å². The van der Waals surface area contributed by atoms with Crippen molar-refractivity contribution in [3.63, 3.8) is 0 Å². The molecule has 0 saturated heterocycles. The fourth-order valence-corrected chi connectivity index (χ4v) is 2.27. The first kappa shape index (κ1) is 14.4. The van der Waals surface area contributed by atoms with Crippen LogP contribution in [0, 0.1) is 6.92 Å². The van der Waals surface area contributed by atoms with E-state index in [-0.39, 0.29) is 26.7 Å². The zero-order valence-corrected chi connectivity index (χ0v) is 12.6. The lowest BCUT2D eigenvalue weighted by Gasteiger charge is -2.03. The molecule has 2 aromatic rings. The molecule has 0 saturated carbocycles. The topological polar surface area (TPSA) is 52.7 Å². The lowest BCUT2D eigenvalue weighted by atomic mass is 10.4. The SMILES string of the molecule is CCCn1c(C)nn(-c2nc(Cl)c(Cl)cc2Cl)c1=O. The van der Waals surface area contributed by atoms with Gasteiger partial charge in [0.1, 0.15) is 11.0 Å². The highest BCUT2D eigenvalue weighted by atomic mass is 35.5. The fourth-order valence-electron chi connectivity index (χ4n) is 1.70. The van der Waals surface area contributed by atoms with Gasteiger partial charge in [-0.25, -0.2) is 9.78 Å². The summed E-state index contributed by atoms with van der Waals surface area (Å²) in [4.78, 5) is 16.2. The zero-order valence-electron chi connectivity index (χ0n) is 10.3. The molecule has 0 spiro atoms. The van der Waals surface area contributed by atoms with Gasteiger partial charge in [0.05, 0.1) is 10.0 Å². The Balaban J connectivity index is 2.63. The first-order chi connectivity index (χ1) is 8.95. The van der Waals surface area contributed by atoms with Crippen molar-refractivity contribution in [1.29, 1.82) is 0 Å². The molecule has 2 heterocycles. The summed E-state index contributed by atoms with van der Waals surface area (Å²) in [6.45, 7) is 4.32. The number of nitrogens with zero attached hydrogens (tertiary/aromatic N) is 4. The number of hydrogen-bond donors (Lipinski definition) is 0. The van der Waals surface area contributed by atoms with Crippen molar-refractivity contribution in [3.05, 3.63) is 37.6 Å². The van der Waals surface area contributed by atoms with Crippen molar-refractivity contribution < 1.29 is 0 Å². The van der Waals surface area contributed by atoms with Gasteiger partial charge in [-0.2, -0.15) is 4.68 Å². The Morgan fingerprint density at radius 3 is 2.58 bits per heavy atom. The Labute approximate surface area is 124 Å². The average molecular weight is 322 g/mol. The number of halogens is 3. The van der Waals surface area contributed by atoms with Crippen molar-refractivity contribution in [1.82, 2.24) is 19.3 Å². The van der Waals surface area contributed by atoms with Crippen LogP contribution in [0.25, 0.3) is 5.82 Å². The van der Waals surface area contributed by atoms with Gasteiger partial charge in [-0.05, 0) is 19.4 Å². The Morgan fingerprint density at radius 2 is 1.95 bits per heavy atom. The predicted octanol–water partition coefficient (Wildman–Crippen LogP) is 3.11. The van der Waals surface area contributed by atoms with Gasteiger partial charge in [0, 0.05) is 6.54 Å². The normalized spacial score (nSPS) is 11.0. The van der Waals surface area contributed by atoms with Crippen LogP contribution in [-0.2, 0) is 6.54 Å². The largest absolute Gasteiger partial charge is 0.352 e. The summed E-state index contributed by atoms with van der Waals surface area (Å²) in [7, 11) is 0. The highest BCUT2D eigenvalue weighted by Crippen LogP contribution is 2.27. The highest BCUT2D eigenvalue weighted by Gasteiger charge is 2.16. The van der Waals surface area contributed by atoms with E-state index in [4.69, 9.17) is 34.8 Å². The van der Waals surface area contributed by atoms with Gasteiger partial charge in [-0.15, -0.1) is 5.10 Å². The molecule has 0 atom stereocenters. The van der Waals surface area contributed by atoms with E-state index < -0.39 is 0 Å². The fraction of sp³-hybridized carbons (Fsp3) is 0.364. The van der Waals surface area contributed by atoms with Crippen molar-refractivity contribution >= 4 is 34.8 Å². The summed E-state index contributed by atoms with van der Waals surface area (Å²) in [5.74, 6) is 0.773. The lowest BCUT2D eigenvalue weighted by Crippen LogP contribution is -2.25. The van der Waals surface area contributed by atoms with Gasteiger partial charge in [0.25, 0.3) is 0 Å². The second kappa shape index (κ2) is 5.53. The third-order valence-electron chi connectivity index (χ3n) is 2.56.